The van der Waals surface area contributed by atoms with Crippen molar-refractivity contribution in [1.82, 2.24) is 9.13 Å². The Bertz CT molecular complexity index is 2820. The Kier molecular flexibility index (Phi) is 6.73. The summed E-state index contributed by atoms with van der Waals surface area (Å²) in [5, 5.41) is 23.3. The first-order valence-electron chi connectivity index (χ1n) is 16.0. The number of nitriles is 2. The third kappa shape index (κ3) is 4.73. The first-order valence-corrected chi connectivity index (χ1v) is 16.9. The number of nitrogens with zero attached hydrogens (tertiary/aromatic N) is 4. The topological polar surface area (TPSA) is 57.4 Å². The SMILES string of the molecule is N#CC(C#N)=Cc1ccc(-c2ccc3c(c2)c2cc(-c4ccc5c(c4)c4ccccc4n5-c4ccccc4)ccc2n3-c2ccccc2)s1. The summed E-state index contributed by atoms with van der Waals surface area (Å²) in [7, 11) is 0. The van der Waals surface area contributed by atoms with Gasteiger partial charge in [-0.05, 0) is 102 Å². The van der Waals surface area contributed by atoms with Crippen LogP contribution in [-0.4, -0.2) is 9.13 Å². The summed E-state index contributed by atoms with van der Waals surface area (Å²) < 4.78 is 4.68. The molecule has 49 heavy (non-hydrogen) atoms. The van der Waals surface area contributed by atoms with Gasteiger partial charge in [-0.15, -0.1) is 11.3 Å². The number of benzene rings is 6. The lowest BCUT2D eigenvalue weighted by Crippen LogP contribution is -1.93. The maximum Gasteiger partial charge on any atom is 0.131 e. The number of fused-ring (bicyclic) bond motifs is 6. The van der Waals surface area contributed by atoms with Gasteiger partial charge in [0.1, 0.15) is 17.7 Å². The Morgan fingerprint density at radius 1 is 0.469 bits per heavy atom. The van der Waals surface area contributed by atoms with Crippen LogP contribution >= 0.6 is 11.3 Å². The summed E-state index contributed by atoms with van der Waals surface area (Å²) in [5.41, 5.74) is 10.4. The van der Waals surface area contributed by atoms with E-state index in [-0.39, 0.29) is 5.57 Å². The summed E-state index contributed by atoms with van der Waals surface area (Å²) >= 11 is 1.58. The van der Waals surface area contributed by atoms with Gasteiger partial charge in [0.05, 0.1) is 22.1 Å². The fourth-order valence-corrected chi connectivity index (χ4v) is 7.98. The van der Waals surface area contributed by atoms with Gasteiger partial charge in [-0.3, -0.25) is 0 Å². The second-order valence-electron chi connectivity index (χ2n) is 12.0. The Morgan fingerprint density at radius 3 is 1.51 bits per heavy atom. The highest BCUT2D eigenvalue weighted by molar-refractivity contribution is 7.16. The van der Waals surface area contributed by atoms with Crippen LogP contribution in [0.25, 0.3) is 82.6 Å². The number of rotatable bonds is 5. The molecule has 0 amide bonds. The van der Waals surface area contributed by atoms with Crippen molar-refractivity contribution in [3.05, 3.63) is 162 Å². The van der Waals surface area contributed by atoms with Gasteiger partial charge in [-0.2, -0.15) is 10.5 Å². The minimum Gasteiger partial charge on any atom is -0.309 e. The molecular weight excluding hydrogens is 617 g/mol. The molecule has 0 unspecified atom stereocenters. The Hall–Kier alpha value is -6.66. The van der Waals surface area contributed by atoms with Crippen molar-refractivity contribution >= 4 is 61.0 Å². The van der Waals surface area contributed by atoms with E-state index in [0.29, 0.717) is 0 Å². The summed E-state index contributed by atoms with van der Waals surface area (Å²) in [6.07, 6.45) is 1.65. The van der Waals surface area contributed by atoms with Gasteiger partial charge in [0.25, 0.3) is 0 Å². The van der Waals surface area contributed by atoms with E-state index in [2.05, 4.69) is 149 Å². The van der Waals surface area contributed by atoms with E-state index < -0.39 is 0 Å². The third-order valence-electron chi connectivity index (χ3n) is 9.24. The molecule has 0 saturated heterocycles. The second-order valence-corrected chi connectivity index (χ2v) is 13.2. The molecule has 0 atom stereocenters. The van der Waals surface area contributed by atoms with Gasteiger partial charge in [0.15, 0.2) is 0 Å². The zero-order valence-electron chi connectivity index (χ0n) is 26.2. The standard InChI is InChI=1S/C44H26N4S/c45-27-29(28-46)23-35-18-22-44(49-35)32-17-21-43-39(26-32)38-25-31(16-20-42(38)48(43)34-11-5-2-6-12-34)30-15-19-41-37(24-30)36-13-7-8-14-40(36)47(41)33-9-3-1-4-10-33/h1-26H. The molecule has 0 N–H and O–H groups in total. The summed E-state index contributed by atoms with van der Waals surface area (Å²) in [6, 6.07) is 57.9. The highest BCUT2D eigenvalue weighted by Crippen LogP contribution is 2.40. The minimum absolute atomic E-state index is 0.102. The van der Waals surface area contributed by atoms with Gasteiger partial charge < -0.3 is 9.13 Å². The summed E-state index contributed by atoms with van der Waals surface area (Å²) in [4.78, 5) is 1.96. The molecule has 0 spiro atoms. The van der Waals surface area contributed by atoms with Crippen molar-refractivity contribution < 1.29 is 0 Å². The van der Waals surface area contributed by atoms with E-state index in [1.807, 2.05) is 24.3 Å². The van der Waals surface area contributed by atoms with Crippen molar-refractivity contribution in [2.24, 2.45) is 0 Å². The van der Waals surface area contributed by atoms with Crippen molar-refractivity contribution in [2.75, 3.05) is 0 Å². The Labute approximate surface area is 286 Å². The average molecular weight is 643 g/mol. The summed E-state index contributed by atoms with van der Waals surface area (Å²) in [5.74, 6) is 0. The van der Waals surface area contributed by atoms with E-state index in [9.17, 15) is 10.5 Å². The molecular formula is C44H26N4S. The van der Waals surface area contributed by atoms with Gasteiger partial charge in [0, 0.05) is 42.7 Å². The number of thiophene rings is 1. The average Bonchev–Trinajstić information content (AvgIpc) is 3.86. The minimum atomic E-state index is 0.102. The van der Waals surface area contributed by atoms with E-state index >= 15 is 0 Å². The van der Waals surface area contributed by atoms with Crippen LogP contribution in [0.15, 0.2) is 157 Å². The van der Waals surface area contributed by atoms with E-state index in [0.717, 1.165) is 43.3 Å². The van der Waals surface area contributed by atoms with Crippen LogP contribution in [-0.2, 0) is 0 Å². The highest BCUT2D eigenvalue weighted by Gasteiger charge is 2.17. The number of aromatic nitrogens is 2. The van der Waals surface area contributed by atoms with E-state index in [1.54, 1.807) is 17.4 Å². The normalized spacial score (nSPS) is 11.2. The zero-order chi connectivity index (χ0) is 32.9. The number of para-hydroxylation sites is 3. The predicted molar refractivity (Wildman–Crippen MR) is 203 cm³/mol. The van der Waals surface area contributed by atoms with Crippen LogP contribution < -0.4 is 0 Å². The molecule has 0 aliphatic carbocycles. The lowest BCUT2D eigenvalue weighted by molar-refractivity contribution is 1.18. The van der Waals surface area contributed by atoms with Crippen molar-refractivity contribution in [3.8, 4) is 45.1 Å². The summed E-state index contributed by atoms with van der Waals surface area (Å²) in [6.45, 7) is 0. The third-order valence-corrected chi connectivity index (χ3v) is 10.3. The number of hydrogen-bond donors (Lipinski definition) is 0. The van der Waals surface area contributed by atoms with Crippen molar-refractivity contribution in [3.63, 3.8) is 0 Å². The van der Waals surface area contributed by atoms with Crippen LogP contribution in [0.4, 0.5) is 0 Å². The van der Waals surface area contributed by atoms with Gasteiger partial charge >= 0.3 is 0 Å². The second kappa shape index (κ2) is 11.5. The molecule has 0 aliphatic heterocycles. The van der Waals surface area contributed by atoms with Crippen LogP contribution in [0.2, 0.25) is 0 Å². The lowest BCUT2D eigenvalue weighted by atomic mass is 10.00. The smallest absolute Gasteiger partial charge is 0.131 e. The molecule has 3 aromatic heterocycles. The first kappa shape index (κ1) is 28.6. The molecule has 9 aromatic rings. The lowest BCUT2D eigenvalue weighted by Gasteiger charge is -2.09. The van der Waals surface area contributed by atoms with Crippen molar-refractivity contribution in [1.29, 1.82) is 10.5 Å². The molecule has 0 fully saturated rings. The quantitative estimate of drug-likeness (QED) is 0.175. The monoisotopic (exact) mass is 642 g/mol. The molecule has 9 rings (SSSR count). The molecule has 4 nitrogen and oxygen atoms in total. The molecule has 3 heterocycles. The van der Waals surface area contributed by atoms with Crippen LogP contribution in [0.1, 0.15) is 4.88 Å². The molecule has 5 heteroatoms. The maximum absolute atomic E-state index is 9.24. The molecule has 0 aliphatic rings. The highest BCUT2D eigenvalue weighted by atomic mass is 32.1. The molecule has 228 valence electrons. The first-order chi connectivity index (χ1) is 24.2. The van der Waals surface area contributed by atoms with Crippen LogP contribution in [0.3, 0.4) is 0 Å². The fourth-order valence-electron chi connectivity index (χ4n) is 7.04. The Balaban J connectivity index is 1.23. The fraction of sp³-hybridized carbons (Fsp3) is 0. The van der Waals surface area contributed by atoms with Gasteiger partial charge in [-0.1, -0.05) is 72.8 Å². The van der Waals surface area contributed by atoms with Crippen LogP contribution in [0, 0.1) is 22.7 Å². The molecule has 6 aromatic carbocycles. The van der Waals surface area contributed by atoms with Crippen molar-refractivity contribution in [2.45, 2.75) is 0 Å². The van der Waals surface area contributed by atoms with Gasteiger partial charge in [-0.25, -0.2) is 0 Å². The predicted octanol–water partition coefficient (Wildman–Crippen LogP) is 11.7. The molecule has 0 bridgehead atoms. The zero-order valence-corrected chi connectivity index (χ0v) is 27.0. The Morgan fingerprint density at radius 2 is 0.939 bits per heavy atom. The molecule has 0 radical (unpaired) electrons. The largest absolute Gasteiger partial charge is 0.309 e. The molecule has 0 saturated carbocycles. The number of allylic oxidation sites excluding steroid dienone is 1. The van der Waals surface area contributed by atoms with Crippen LogP contribution in [0.5, 0.6) is 0 Å². The van der Waals surface area contributed by atoms with E-state index in [4.69, 9.17) is 0 Å². The van der Waals surface area contributed by atoms with Gasteiger partial charge in [0.2, 0.25) is 0 Å². The van der Waals surface area contributed by atoms with E-state index in [1.165, 1.54) is 38.1 Å². The number of hydrogen-bond acceptors (Lipinski definition) is 3. The maximum atomic E-state index is 9.24.